The summed E-state index contributed by atoms with van der Waals surface area (Å²) in [5, 5.41) is 4.36. The van der Waals surface area contributed by atoms with Crippen LogP contribution in [0, 0.1) is 6.92 Å². The Bertz CT molecular complexity index is 1070. The SMILES string of the molecule is Cc1noc(-c2cccc(-c3nc4ccccc4c(=O)[nH]3)c2)n1. The Morgan fingerprint density at radius 3 is 2.65 bits per heavy atom. The summed E-state index contributed by atoms with van der Waals surface area (Å²) in [5.74, 6) is 1.52. The van der Waals surface area contributed by atoms with Gasteiger partial charge in [0.15, 0.2) is 5.82 Å². The smallest absolute Gasteiger partial charge is 0.259 e. The van der Waals surface area contributed by atoms with E-state index in [9.17, 15) is 4.79 Å². The maximum atomic E-state index is 12.2. The summed E-state index contributed by atoms with van der Waals surface area (Å²) in [6.45, 7) is 1.76. The van der Waals surface area contributed by atoms with Crippen molar-refractivity contribution in [3.8, 4) is 22.8 Å². The Balaban J connectivity index is 1.86. The van der Waals surface area contributed by atoms with E-state index in [-0.39, 0.29) is 5.56 Å². The molecule has 2 aromatic heterocycles. The number of H-pyrrole nitrogens is 1. The Kier molecular flexibility index (Phi) is 3.01. The highest BCUT2D eigenvalue weighted by atomic mass is 16.5. The molecule has 0 aliphatic heterocycles. The van der Waals surface area contributed by atoms with Crippen LogP contribution in [0.4, 0.5) is 0 Å². The molecule has 2 aromatic carbocycles. The van der Waals surface area contributed by atoms with Crippen LogP contribution in [0.3, 0.4) is 0 Å². The van der Waals surface area contributed by atoms with Gasteiger partial charge in [0.05, 0.1) is 10.9 Å². The lowest BCUT2D eigenvalue weighted by molar-refractivity contribution is 0.425. The van der Waals surface area contributed by atoms with Crippen LogP contribution in [0.15, 0.2) is 57.8 Å². The van der Waals surface area contributed by atoms with E-state index in [0.29, 0.717) is 28.4 Å². The molecular weight excluding hydrogens is 292 g/mol. The monoisotopic (exact) mass is 304 g/mol. The molecule has 0 fully saturated rings. The average molecular weight is 304 g/mol. The number of para-hydroxylation sites is 1. The molecular formula is C17H12N4O2. The quantitative estimate of drug-likeness (QED) is 0.615. The number of aromatic amines is 1. The van der Waals surface area contributed by atoms with Crippen molar-refractivity contribution in [2.75, 3.05) is 0 Å². The van der Waals surface area contributed by atoms with Crippen molar-refractivity contribution in [3.05, 3.63) is 64.7 Å². The fourth-order valence-corrected chi connectivity index (χ4v) is 2.44. The van der Waals surface area contributed by atoms with Crippen LogP contribution in [0.1, 0.15) is 5.82 Å². The van der Waals surface area contributed by atoms with E-state index >= 15 is 0 Å². The third kappa shape index (κ3) is 2.40. The van der Waals surface area contributed by atoms with Crippen molar-refractivity contribution >= 4 is 10.9 Å². The highest BCUT2D eigenvalue weighted by Crippen LogP contribution is 2.23. The second-order valence-corrected chi connectivity index (χ2v) is 5.16. The zero-order valence-electron chi connectivity index (χ0n) is 12.3. The number of hydrogen-bond acceptors (Lipinski definition) is 5. The lowest BCUT2D eigenvalue weighted by Crippen LogP contribution is -2.09. The topological polar surface area (TPSA) is 84.7 Å². The summed E-state index contributed by atoms with van der Waals surface area (Å²) < 4.78 is 5.18. The van der Waals surface area contributed by atoms with E-state index in [1.54, 1.807) is 13.0 Å². The first-order valence-electron chi connectivity index (χ1n) is 7.11. The summed E-state index contributed by atoms with van der Waals surface area (Å²) in [4.78, 5) is 23.7. The number of benzene rings is 2. The first kappa shape index (κ1) is 13.4. The van der Waals surface area contributed by atoms with Gasteiger partial charge in [-0.25, -0.2) is 4.98 Å². The number of nitrogens with zero attached hydrogens (tertiary/aromatic N) is 3. The molecule has 6 heteroatoms. The first-order chi connectivity index (χ1) is 11.2. The number of rotatable bonds is 2. The second-order valence-electron chi connectivity index (χ2n) is 5.16. The lowest BCUT2D eigenvalue weighted by Gasteiger charge is -2.04. The molecule has 0 bridgehead atoms. The number of aryl methyl sites for hydroxylation is 1. The zero-order chi connectivity index (χ0) is 15.8. The van der Waals surface area contributed by atoms with Crippen LogP contribution in [0.5, 0.6) is 0 Å². The van der Waals surface area contributed by atoms with Gasteiger partial charge in [0.1, 0.15) is 5.82 Å². The van der Waals surface area contributed by atoms with Gasteiger partial charge in [0, 0.05) is 11.1 Å². The predicted octanol–water partition coefficient (Wildman–Crippen LogP) is 2.95. The van der Waals surface area contributed by atoms with Gasteiger partial charge in [-0.1, -0.05) is 29.4 Å². The van der Waals surface area contributed by atoms with Gasteiger partial charge in [-0.3, -0.25) is 4.79 Å². The molecule has 112 valence electrons. The molecule has 0 atom stereocenters. The Labute approximate surface area is 130 Å². The molecule has 0 saturated carbocycles. The Hall–Kier alpha value is -3.28. The molecule has 0 aliphatic carbocycles. The third-order valence-electron chi connectivity index (χ3n) is 3.52. The van der Waals surface area contributed by atoms with Crippen molar-refractivity contribution in [1.29, 1.82) is 0 Å². The molecule has 1 N–H and O–H groups in total. The molecule has 4 aromatic rings. The van der Waals surface area contributed by atoms with Crippen molar-refractivity contribution in [2.45, 2.75) is 6.92 Å². The summed E-state index contributed by atoms with van der Waals surface area (Å²) in [5.41, 5.74) is 2.05. The molecule has 0 unspecified atom stereocenters. The van der Waals surface area contributed by atoms with Crippen molar-refractivity contribution in [2.24, 2.45) is 0 Å². The normalized spacial score (nSPS) is 11.0. The van der Waals surface area contributed by atoms with Gasteiger partial charge in [-0.2, -0.15) is 4.98 Å². The van der Waals surface area contributed by atoms with Crippen LogP contribution in [-0.2, 0) is 0 Å². The summed E-state index contributed by atoms with van der Waals surface area (Å²) >= 11 is 0. The van der Waals surface area contributed by atoms with Gasteiger partial charge in [0.2, 0.25) is 0 Å². The van der Waals surface area contributed by atoms with E-state index in [1.807, 2.05) is 42.5 Å². The standard InChI is InChI=1S/C17H12N4O2/c1-10-18-17(23-21-10)12-6-4-5-11(9-12)15-19-14-8-3-2-7-13(14)16(22)20-15/h2-9H,1H3,(H,19,20,22). The molecule has 0 saturated heterocycles. The molecule has 0 amide bonds. The molecule has 4 rings (SSSR count). The van der Waals surface area contributed by atoms with E-state index < -0.39 is 0 Å². The molecule has 0 aliphatic rings. The maximum Gasteiger partial charge on any atom is 0.259 e. The van der Waals surface area contributed by atoms with E-state index in [1.165, 1.54) is 0 Å². The molecule has 23 heavy (non-hydrogen) atoms. The second kappa shape index (κ2) is 5.17. The largest absolute Gasteiger partial charge is 0.334 e. The van der Waals surface area contributed by atoms with Gasteiger partial charge in [0.25, 0.3) is 11.4 Å². The fraction of sp³-hybridized carbons (Fsp3) is 0.0588. The van der Waals surface area contributed by atoms with Gasteiger partial charge >= 0.3 is 0 Å². The lowest BCUT2D eigenvalue weighted by atomic mass is 10.1. The van der Waals surface area contributed by atoms with E-state index in [4.69, 9.17) is 4.52 Å². The van der Waals surface area contributed by atoms with Crippen molar-refractivity contribution in [3.63, 3.8) is 0 Å². The number of hydrogen-bond donors (Lipinski definition) is 1. The average Bonchev–Trinajstić information content (AvgIpc) is 3.01. The molecule has 2 heterocycles. The van der Waals surface area contributed by atoms with Crippen LogP contribution >= 0.6 is 0 Å². The highest BCUT2D eigenvalue weighted by molar-refractivity contribution is 5.79. The summed E-state index contributed by atoms with van der Waals surface area (Å²) in [6.07, 6.45) is 0. The first-order valence-corrected chi connectivity index (χ1v) is 7.11. The number of fused-ring (bicyclic) bond motifs is 1. The highest BCUT2D eigenvalue weighted by Gasteiger charge is 2.10. The van der Waals surface area contributed by atoms with Gasteiger partial charge in [-0.15, -0.1) is 0 Å². The molecule has 6 nitrogen and oxygen atoms in total. The van der Waals surface area contributed by atoms with Crippen LogP contribution in [0.25, 0.3) is 33.7 Å². The maximum absolute atomic E-state index is 12.2. The van der Waals surface area contributed by atoms with E-state index in [2.05, 4.69) is 20.1 Å². The number of nitrogens with one attached hydrogen (secondary N) is 1. The minimum absolute atomic E-state index is 0.162. The third-order valence-corrected chi connectivity index (χ3v) is 3.52. The zero-order valence-corrected chi connectivity index (χ0v) is 12.3. The number of aromatic nitrogens is 4. The fourth-order valence-electron chi connectivity index (χ4n) is 2.44. The Morgan fingerprint density at radius 2 is 1.83 bits per heavy atom. The molecule has 0 spiro atoms. The predicted molar refractivity (Wildman–Crippen MR) is 85.8 cm³/mol. The van der Waals surface area contributed by atoms with Crippen LogP contribution in [0.2, 0.25) is 0 Å². The summed E-state index contributed by atoms with van der Waals surface area (Å²) in [7, 11) is 0. The minimum atomic E-state index is -0.162. The van der Waals surface area contributed by atoms with E-state index in [0.717, 1.165) is 11.1 Å². The summed E-state index contributed by atoms with van der Waals surface area (Å²) in [6, 6.07) is 14.7. The van der Waals surface area contributed by atoms with Gasteiger partial charge < -0.3 is 9.51 Å². The van der Waals surface area contributed by atoms with Crippen LogP contribution in [-0.4, -0.2) is 20.1 Å². The van der Waals surface area contributed by atoms with Crippen molar-refractivity contribution < 1.29 is 4.52 Å². The van der Waals surface area contributed by atoms with Crippen molar-refractivity contribution in [1.82, 2.24) is 20.1 Å². The molecule has 0 radical (unpaired) electrons. The van der Waals surface area contributed by atoms with Crippen LogP contribution < -0.4 is 5.56 Å². The Morgan fingerprint density at radius 1 is 1.00 bits per heavy atom. The van der Waals surface area contributed by atoms with Gasteiger partial charge in [-0.05, 0) is 31.2 Å². The minimum Gasteiger partial charge on any atom is -0.334 e.